The van der Waals surface area contributed by atoms with Gasteiger partial charge in [0.05, 0.1) is 0 Å². The molecule has 0 aromatic carbocycles. The molecule has 0 saturated heterocycles. The van der Waals surface area contributed by atoms with Gasteiger partial charge < -0.3 is 21.2 Å². The predicted molar refractivity (Wildman–Crippen MR) is 14.0 cm³/mol. The number of quaternary nitrogens is 1. The Morgan fingerprint density at radius 3 is 1.67 bits per heavy atom. The predicted octanol–water partition coefficient (Wildman–Crippen LogP) is -0.739. The van der Waals surface area contributed by atoms with Crippen LogP contribution in [-0.2, 0) is 22.4 Å². The van der Waals surface area contributed by atoms with Crippen molar-refractivity contribution >= 4 is 6.16 Å². The van der Waals surface area contributed by atoms with Gasteiger partial charge in [-0.05, 0) is 0 Å². The number of rotatable bonds is 0. The Balaban J connectivity index is -0.0000000450. The van der Waals surface area contributed by atoms with Crippen molar-refractivity contribution in [1.82, 2.24) is 6.15 Å². The van der Waals surface area contributed by atoms with E-state index in [4.69, 9.17) is 15.0 Å². The molecule has 0 aliphatic carbocycles. The maximum absolute atomic E-state index is 8.44. The maximum atomic E-state index is 8.44. The summed E-state index contributed by atoms with van der Waals surface area (Å²) in [4.78, 5) is 8.44. The Morgan fingerprint density at radius 1 is 1.67 bits per heavy atom. The van der Waals surface area contributed by atoms with E-state index < -0.39 is 6.16 Å². The van der Waals surface area contributed by atoms with E-state index in [-0.39, 0.29) is 28.5 Å². The fourth-order valence-electron chi connectivity index (χ4n) is 0. The smallest absolute Gasteiger partial charge is 0.249 e. The first kappa shape index (κ1) is 16.7. The van der Waals surface area contributed by atoms with E-state index >= 15 is 0 Å². The second kappa shape index (κ2) is 8.88. The van der Waals surface area contributed by atoms with E-state index in [1.54, 1.807) is 0 Å². The number of carboxylic acid groups (broad SMARTS) is 2. The van der Waals surface area contributed by atoms with Gasteiger partial charge in [0.1, 0.15) is 0 Å². The Kier molecular flexibility index (Phi) is 24.7. The van der Waals surface area contributed by atoms with E-state index in [1.807, 2.05) is 0 Å². The zero-order chi connectivity index (χ0) is 3.58. The minimum Gasteiger partial charge on any atom is -0.565 e. The average Bonchev–Trinajstić information content (AvgIpc) is 0.811. The van der Waals surface area contributed by atoms with E-state index in [0.29, 0.717) is 0 Å². The Bertz CT molecular complexity index is 33.8. The Morgan fingerprint density at radius 2 is 1.67 bits per heavy atom. The van der Waals surface area contributed by atoms with Crippen LogP contribution in [0.15, 0.2) is 0 Å². The number of hydrogen-bond donors (Lipinski definition) is 2. The zero-order valence-electron chi connectivity index (χ0n) is 3.07. The van der Waals surface area contributed by atoms with Crippen LogP contribution in [-0.4, -0.2) is 11.3 Å². The number of hydrogen-bond acceptors (Lipinski definition) is 2. The minimum atomic E-state index is -2.08. The molecule has 43 valence electrons. The molecule has 0 aromatic rings. The second-order valence-electron chi connectivity index (χ2n) is 0.266. The molecule has 0 heterocycles. The minimum absolute atomic E-state index is 0. The van der Waals surface area contributed by atoms with Gasteiger partial charge in [-0.1, -0.05) is 0 Å². The molecule has 0 fully saturated rings. The first-order valence-electron chi connectivity index (χ1n) is 0.632. The maximum Gasteiger partial charge on any atom is 0.249 e. The van der Waals surface area contributed by atoms with Crippen molar-refractivity contribution in [1.29, 1.82) is 0 Å². The van der Waals surface area contributed by atoms with Crippen LogP contribution in [0.3, 0.4) is 0 Å². The SMILES string of the molecule is O=C([O-])O.[Au].[NH4+]. The summed E-state index contributed by atoms with van der Waals surface area (Å²) in [5, 5.41) is 15.3. The molecular formula is CH5AuNO3. The number of carbonyl (C=O) groups is 1. The average molecular weight is 276 g/mol. The van der Waals surface area contributed by atoms with Crippen molar-refractivity contribution in [3.05, 3.63) is 0 Å². The van der Waals surface area contributed by atoms with Crippen LogP contribution >= 0.6 is 0 Å². The summed E-state index contributed by atoms with van der Waals surface area (Å²) in [7, 11) is 0. The second-order valence-corrected chi connectivity index (χ2v) is 0.266. The quantitative estimate of drug-likeness (QED) is 0.570. The third-order valence-corrected chi connectivity index (χ3v) is 0. The molecule has 0 atom stereocenters. The van der Waals surface area contributed by atoms with Crippen LogP contribution in [0.1, 0.15) is 0 Å². The van der Waals surface area contributed by atoms with Gasteiger partial charge in [-0.2, -0.15) is 0 Å². The summed E-state index contributed by atoms with van der Waals surface area (Å²) in [6, 6.07) is 0. The summed E-state index contributed by atoms with van der Waals surface area (Å²) in [6.45, 7) is 0. The van der Waals surface area contributed by atoms with Crippen molar-refractivity contribution in [2.24, 2.45) is 0 Å². The monoisotopic (exact) mass is 276 g/mol. The first-order valence-corrected chi connectivity index (χ1v) is 0.632. The van der Waals surface area contributed by atoms with Gasteiger partial charge in [0, 0.05) is 22.4 Å². The van der Waals surface area contributed by atoms with Crippen LogP contribution in [0.25, 0.3) is 0 Å². The van der Waals surface area contributed by atoms with Crippen LogP contribution in [0.5, 0.6) is 0 Å². The van der Waals surface area contributed by atoms with Crippen molar-refractivity contribution < 1.29 is 37.4 Å². The van der Waals surface area contributed by atoms with E-state index in [1.165, 1.54) is 0 Å². The van der Waals surface area contributed by atoms with Gasteiger partial charge in [-0.25, -0.2) is 0 Å². The van der Waals surface area contributed by atoms with Gasteiger partial charge in [0.15, 0.2) is 0 Å². The fraction of sp³-hybridized carbons (Fsp3) is 0. The van der Waals surface area contributed by atoms with Gasteiger partial charge in [0.2, 0.25) is 6.16 Å². The molecular weight excluding hydrogens is 271 g/mol. The summed E-state index contributed by atoms with van der Waals surface area (Å²) in [5.74, 6) is 0. The fourth-order valence-corrected chi connectivity index (χ4v) is 0. The molecule has 4 nitrogen and oxygen atoms in total. The standard InChI is InChI=1S/CH2O3.Au.H3N/c2-1(3)4;;/h(H2,2,3,4);;1H3. The Labute approximate surface area is 50.3 Å². The van der Waals surface area contributed by atoms with Crippen molar-refractivity contribution in [2.75, 3.05) is 0 Å². The molecule has 0 unspecified atom stereocenters. The van der Waals surface area contributed by atoms with Crippen molar-refractivity contribution in [3.8, 4) is 0 Å². The van der Waals surface area contributed by atoms with Gasteiger partial charge >= 0.3 is 0 Å². The van der Waals surface area contributed by atoms with Gasteiger partial charge in [0.25, 0.3) is 0 Å². The molecule has 5 N–H and O–H groups in total. The van der Waals surface area contributed by atoms with Crippen LogP contribution < -0.4 is 11.3 Å². The summed E-state index contributed by atoms with van der Waals surface area (Å²) < 4.78 is 0. The molecule has 0 spiro atoms. The van der Waals surface area contributed by atoms with Gasteiger partial charge in [-0.3, -0.25) is 0 Å². The largest absolute Gasteiger partial charge is 0.565 e. The molecule has 0 amide bonds. The van der Waals surface area contributed by atoms with E-state index in [0.717, 1.165) is 0 Å². The van der Waals surface area contributed by atoms with Crippen molar-refractivity contribution in [3.63, 3.8) is 0 Å². The molecule has 5 heteroatoms. The third kappa shape index (κ3) is 39600. The van der Waals surface area contributed by atoms with Crippen LogP contribution in [0.2, 0.25) is 0 Å². The molecule has 0 bridgehead atoms. The Hall–Kier alpha value is -0.0297. The first-order chi connectivity index (χ1) is 1.73. The summed E-state index contributed by atoms with van der Waals surface area (Å²) in [6.07, 6.45) is -2.08. The summed E-state index contributed by atoms with van der Waals surface area (Å²) >= 11 is 0. The van der Waals surface area contributed by atoms with E-state index in [2.05, 4.69) is 0 Å². The van der Waals surface area contributed by atoms with Crippen LogP contribution in [0.4, 0.5) is 4.79 Å². The van der Waals surface area contributed by atoms with Gasteiger partial charge in [-0.15, -0.1) is 0 Å². The molecule has 0 aliphatic rings. The molecule has 0 aliphatic heterocycles. The topological polar surface area (TPSA) is 96.9 Å². The molecule has 0 rings (SSSR count). The van der Waals surface area contributed by atoms with Crippen LogP contribution in [0, 0.1) is 0 Å². The third-order valence-electron chi connectivity index (χ3n) is 0. The summed E-state index contributed by atoms with van der Waals surface area (Å²) in [5.41, 5.74) is 0. The molecule has 0 saturated carbocycles. The molecule has 0 aromatic heterocycles. The van der Waals surface area contributed by atoms with Crippen molar-refractivity contribution in [2.45, 2.75) is 0 Å². The zero-order valence-corrected chi connectivity index (χ0v) is 5.23. The normalized spacial score (nSPS) is 4.00. The molecule has 1 radical (unpaired) electrons. The van der Waals surface area contributed by atoms with E-state index in [9.17, 15) is 0 Å². The molecule has 6 heavy (non-hydrogen) atoms.